The molecule has 31 heavy (non-hydrogen) atoms. The number of nitrogens with two attached hydrogens (primary N) is 1. The van der Waals surface area contributed by atoms with Crippen molar-refractivity contribution in [2.45, 2.75) is 19.5 Å². The lowest BCUT2D eigenvalue weighted by molar-refractivity contribution is -0.137. The molecule has 0 spiro atoms. The van der Waals surface area contributed by atoms with Gasteiger partial charge in [0, 0.05) is 24.2 Å². The molecule has 10 heteroatoms. The normalized spacial score (nSPS) is 11.3. The molecule has 0 bridgehead atoms. The molecule has 0 heterocycles. The minimum Gasteiger partial charge on any atom is -0.366 e. The van der Waals surface area contributed by atoms with Crippen molar-refractivity contribution in [1.82, 2.24) is 4.90 Å². The van der Waals surface area contributed by atoms with E-state index in [0.717, 1.165) is 6.07 Å². The maximum absolute atomic E-state index is 13.0. The fourth-order valence-electron chi connectivity index (χ4n) is 2.78. The smallest absolute Gasteiger partial charge is 0.366 e. The van der Waals surface area contributed by atoms with E-state index in [1.165, 1.54) is 30.3 Å². The Hall–Kier alpha value is -3.40. The van der Waals surface area contributed by atoms with Crippen LogP contribution in [0.1, 0.15) is 29.3 Å². The highest BCUT2D eigenvalue weighted by molar-refractivity contribution is 5.95. The van der Waals surface area contributed by atoms with Gasteiger partial charge in [-0.2, -0.15) is 13.2 Å². The summed E-state index contributed by atoms with van der Waals surface area (Å²) in [5, 5.41) is 4.95. The number of nitrogens with zero attached hydrogens (tertiary/aromatic N) is 1. The summed E-state index contributed by atoms with van der Waals surface area (Å²) in [5.41, 5.74) is 4.72. The Morgan fingerprint density at radius 3 is 2.19 bits per heavy atom. The van der Waals surface area contributed by atoms with Crippen molar-refractivity contribution in [3.8, 4) is 0 Å². The van der Waals surface area contributed by atoms with Crippen molar-refractivity contribution in [2.24, 2.45) is 5.73 Å². The minimum atomic E-state index is -4.58. The number of para-hydroxylation sites is 1. The second-order valence-corrected chi connectivity index (χ2v) is 6.70. The first-order valence-corrected chi connectivity index (χ1v) is 9.48. The Morgan fingerprint density at radius 1 is 0.968 bits per heavy atom. The van der Waals surface area contributed by atoms with Crippen LogP contribution in [0.4, 0.5) is 24.5 Å². The van der Waals surface area contributed by atoms with Gasteiger partial charge in [0.15, 0.2) is 0 Å². The molecular formula is C21H23F3N4O3. The van der Waals surface area contributed by atoms with Crippen molar-refractivity contribution in [2.75, 3.05) is 30.3 Å². The molecule has 0 fully saturated rings. The quantitative estimate of drug-likeness (QED) is 0.562. The third-order valence-electron chi connectivity index (χ3n) is 4.43. The first-order chi connectivity index (χ1) is 14.6. The van der Waals surface area contributed by atoms with Crippen LogP contribution >= 0.6 is 0 Å². The van der Waals surface area contributed by atoms with Gasteiger partial charge in [-0.05, 0) is 42.9 Å². The van der Waals surface area contributed by atoms with Crippen LogP contribution in [0.3, 0.4) is 0 Å². The Labute approximate surface area is 177 Å². The van der Waals surface area contributed by atoms with Crippen molar-refractivity contribution < 1.29 is 27.6 Å². The summed E-state index contributed by atoms with van der Waals surface area (Å²) >= 11 is 0. The lowest BCUT2D eigenvalue weighted by atomic mass is 10.1. The molecule has 0 atom stereocenters. The molecule has 0 aliphatic carbocycles. The number of carbonyl (C=O) groups excluding carboxylic acids is 3. The predicted molar refractivity (Wildman–Crippen MR) is 110 cm³/mol. The number of alkyl halides is 3. The number of nitrogens with one attached hydrogen (secondary N) is 2. The van der Waals surface area contributed by atoms with Crippen molar-refractivity contribution in [3.63, 3.8) is 0 Å². The summed E-state index contributed by atoms with van der Waals surface area (Å²) in [5.74, 6) is -1.50. The second kappa shape index (κ2) is 10.6. The zero-order chi connectivity index (χ0) is 23.0. The van der Waals surface area contributed by atoms with E-state index in [9.17, 15) is 27.6 Å². The number of carbonyl (C=O) groups is 3. The van der Waals surface area contributed by atoms with Crippen LogP contribution < -0.4 is 16.4 Å². The number of halogens is 3. The van der Waals surface area contributed by atoms with Gasteiger partial charge in [0.05, 0.1) is 17.8 Å². The average Bonchev–Trinajstić information content (AvgIpc) is 2.71. The van der Waals surface area contributed by atoms with Gasteiger partial charge in [-0.1, -0.05) is 19.1 Å². The molecule has 2 aromatic rings. The molecule has 2 rings (SSSR count). The number of likely N-dealkylation sites (N-methyl/N-ethyl adjacent to an activating group) is 1. The number of primary amides is 1. The number of benzene rings is 2. The molecule has 0 aliphatic heterocycles. The first-order valence-electron chi connectivity index (χ1n) is 9.48. The maximum atomic E-state index is 13.0. The van der Waals surface area contributed by atoms with Crippen LogP contribution in [0.2, 0.25) is 0 Å². The van der Waals surface area contributed by atoms with Crippen LogP contribution in [0.25, 0.3) is 0 Å². The highest BCUT2D eigenvalue weighted by Crippen LogP contribution is 2.34. The molecule has 0 aromatic heterocycles. The Bertz CT molecular complexity index is 930. The summed E-state index contributed by atoms with van der Waals surface area (Å²) in [7, 11) is 0. The molecule has 2 aromatic carbocycles. The Balaban J connectivity index is 1.87. The fraction of sp³-hybridized carbons (Fsp3) is 0.286. The zero-order valence-electron chi connectivity index (χ0n) is 16.8. The van der Waals surface area contributed by atoms with Crippen LogP contribution in [-0.2, 0) is 15.8 Å². The summed E-state index contributed by atoms with van der Waals surface area (Å²) in [6.07, 6.45) is -4.51. The molecule has 0 radical (unpaired) electrons. The standard InChI is InChI=1S/C21H23F3N4O3/c1-2-28(12-11-18(29)26-15-9-7-14(8-10-15)20(25)31)13-19(30)27-17-6-4-3-5-16(17)21(22,23)24/h3-10H,2,11-13H2,1H3,(H2,25,31)(H,26,29)(H,27,30). The van der Waals surface area contributed by atoms with Gasteiger partial charge in [-0.3, -0.25) is 19.3 Å². The number of rotatable bonds is 9. The van der Waals surface area contributed by atoms with Crippen molar-refractivity contribution >= 4 is 29.1 Å². The first kappa shape index (κ1) is 23.9. The van der Waals surface area contributed by atoms with E-state index >= 15 is 0 Å². The lowest BCUT2D eigenvalue weighted by Crippen LogP contribution is -2.35. The van der Waals surface area contributed by atoms with E-state index in [4.69, 9.17) is 5.73 Å². The Kier molecular flexibility index (Phi) is 8.14. The molecule has 0 unspecified atom stereocenters. The maximum Gasteiger partial charge on any atom is 0.418 e. The van der Waals surface area contributed by atoms with E-state index < -0.39 is 23.6 Å². The summed E-state index contributed by atoms with van der Waals surface area (Å²) < 4.78 is 39.1. The number of amides is 3. The molecule has 4 N–H and O–H groups in total. The molecule has 0 saturated heterocycles. The minimum absolute atomic E-state index is 0.0673. The van der Waals surface area contributed by atoms with Gasteiger partial charge in [-0.25, -0.2) is 0 Å². The highest BCUT2D eigenvalue weighted by atomic mass is 19.4. The van der Waals surface area contributed by atoms with Gasteiger partial charge < -0.3 is 16.4 Å². The largest absolute Gasteiger partial charge is 0.418 e. The van der Waals surface area contributed by atoms with E-state index in [-0.39, 0.29) is 31.1 Å². The fourth-order valence-corrected chi connectivity index (χ4v) is 2.78. The molecule has 0 aliphatic rings. The highest BCUT2D eigenvalue weighted by Gasteiger charge is 2.33. The van der Waals surface area contributed by atoms with Gasteiger partial charge in [0.1, 0.15) is 0 Å². The van der Waals surface area contributed by atoms with E-state index in [1.807, 2.05) is 0 Å². The molecular weight excluding hydrogens is 413 g/mol. The van der Waals surface area contributed by atoms with E-state index in [1.54, 1.807) is 24.0 Å². The molecule has 7 nitrogen and oxygen atoms in total. The summed E-state index contributed by atoms with van der Waals surface area (Å²) in [4.78, 5) is 37.1. The van der Waals surface area contributed by atoms with Crippen LogP contribution in [-0.4, -0.2) is 42.3 Å². The van der Waals surface area contributed by atoms with E-state index in [0.29, 0.717) is 17.8 Å². The molecule has 0 saturated carbocycles. The third kappa shape index (κ3) is 7.41. The number of hydrogen-bond acceptors (Lipinski definition) is 4. The lowest BCUT2D eigenvalue weighted by Gasteiger charge is -2.20. The van der Waals surface area contributed by atoms with Gasteiger partial charge >= 0.3 is 6.18 Å². The topological polar surface area (TPSA) is 105 Å². The van der Waals surface area contributed by atoms with Gasteiger partial charge in [0.2, 0.25) is 17.7 Å². The van der Waals surface area contributed by atoms with Crippen LogP contribution in [0, 0.1) is 0 Å². The van der Waals surface area contributed by atoms with E-state index in [2.05, 4.69) is 10.6 Å². The van der Waals surface area contributed by atoms with Gasteiger partial charge in [-0.15, -0.1) is 0 Å². The van der Waals surface area contributed by atoms with Gasteiger partial charge in [0.25, 0.3) is 0 Å². The summed E-state index contributed by atoms with van der Waals surface area (Å²) in [6.45, 7) is 2.27. The van der Waals surface area contributed by atoms with Crippen LogP contribution in [0.5, 0.6) is 0 Å². The van der Waals surface area contributed by atoms with Crippen molar-refractivity contribution in [3.05, 3.63) is 59.7 Å². The number of anilines is 2. The predicted octanol–water partition coefficient (Wildman–Crippen LogP) is 3.09. The SMILES string of the molecule is CCN(CCC(=O)Nc1ccc(C(N)=O)cc1)CC(=O)Nc1ccccc1C(F)(F)F. The second-order valence-electron chi connectivity index (χ2n) is 6.70. The molecule has 3 amide bonds. The third-order valence-corrected chi connectivity index (χ3v) is 4.43. The summed E-state index contributed by atoms with van der Waals surface area (Å²) in [6, 6.07) is 10.8. The monoisotopic (exact) mass is 436 g/mol. The average molecular weight is 436 g/mol. The van der Waals surface area contributed by atoms with Crippen LogP contribution in [0.15, 0.2) is 48.5 Å². The zero-order valence-corrected chi connectivity index (χ0v) is 16.8. The number of hydrogen-bond donors (Lipinski definition) is 3. The Morgan fingerprint density at radius 2 is 1.61 bits per heavy atom. The molecule has 166 valence electrons. The van der Waals surface area contributed by atoms with Crippen molar-refractivity contribution in [1.29, 1.82) is 0 Å².